The fraction of sp³-hybridized carbons (Fsp3) is 0.292. The molecule has 1 fully saturated rings. The number of allylic oxidation sites excluding steroid dienone is 1. The van der Waals surface area contributed by atoms with E-state index in [0.717, 1.165) is 24.2 Å². The molecule has 2 aromatic carbocycles. The van der Waals surface area contributed by atoms with Gasteiger partial charge in [-0.05, 0) is 62.1 Å². The lowest BCUT2D eigenvalue weighted by atomic mass is 10.2. The van der Waals surface area contributed by atoms with Crippen LogP contribution in [0.5, 0.6) is 5.75 Å². The SMILES string of the molecule is C=CCn1c(SCC(=O)Nc2ccc(Cl)c([N+](=O)[O-])c2)nnc1-c1ccc(OC2CCCC2)cc1. The van der Waals surface area contributed by atoms with Crippen LogP contribution in [-0.2, 0) is 11.3 Å². The molecule has 182 valence electrons. The minimum atomic E-state index is -0.598. The summed E-state index contributed by atoms with van der Waals surface area (Å²) in [4.78, 5) is 22.9. The van der Waals surface area contributed by atoms with Crippen molar-refractivity contribution >= 4 is 40.6 Å². The van der Waals surface area contributed by atoms with Crippen LogP contribution in [-0.4, -0.2) is 37.5 Å². The number of hydrogen-bond acceptors (Lipinski definition) is 7. The Hall–Kier alpha value is -3.37. The highest BCUT2D eigenvalue weighted by molar-refractivity contribution is 7.99. The Bertz CT molecular complexity index is 1230. The van der Waals surface area contributed by atoms with E-state index < -0.39 is 4.92 Å². The van der Waals surface area contributed by atoms with Crippen LogP contribution < -0.4 is 10.1 Å². The summed E-state index contributed by atoms with van der Waals surface area (Å²) in [6.45, 7) is 4.28. The van der Waals surface area contributed by atoms with E-state index in [0.29, 0.717) is 29.3 Å². The van der Waals surface area contributed by atoms with E-state index in [4.69, 9.17) is 16.3 Å². The number of aromatic nitrogens is 3. The molecule has 3 aromatic rings. The van der Waals surface area contributed by atoms with E-state index in [-0.39, 0.29) is 22.4 Å². The molecule has 1 saturated carbocycles. The highest BCUT2D eigenvalue weighted by Gasteiger charge is 2.19. The van der Waals surface area contributed by atoms with Crippen LogP contribution in [0, 0.1) is 10.1 Å². The molecule has 0 radical (unpaired) electrons. The van der Waals surface area contributed by atoms with Crippen molar-refractivity contribution in [3.8, 4) is 17.1 Å². The smallest absolute Gasteiger partial charge is 0.289 e. The second-order valence-electron chi connectivity index (χ2n) is 8.01. The molecular formula is C24H24ClN5O4S. The third-order valence-corrected chi connectivity index (χ3v) is 6.79. The lowest BCUT2D eigenvalue weighted by Gasteiger charge is -2.13. The Balaban J connectivity index is 1.42. The first kappa shape index (κ1) is 24.7. The van der Waals surface area contributed by atoms with Gasteiger partial charge in [0.1, 0.15) is 10.8 Å². The minimum Gasteiger partial charge on any atom is -0.490 e. The van der Waals surface area contributed by atoms with E-state index in [2.05, 4.69) is 22.1 Å². The van der Waals surface area contributed by atoms with Crippen molar-refractivity contribution in [1.29, 1.82) is 0 Å². The molecule has 4 rings (SSSR count). The number of thioether (sulfide) groups is 1. The van der Waals surface area contributed by atoms with Gasteiger partial charge in [0.15, 0.2) is 11.0 Å². The Morgan fingerprint density at radius 1 is 1.26 bits per heavy atom. The first-order valence-corrected chi connectivity index (χ1v) is 12.5. The lowest BCUT2D eigenvalue weighted by molar-refractivity contribution is -0.384. The van der Waals surface area contributed by atoms with Gasteiger partial charge in [0.2, 0.25) is 5.91 Å². The molecule has 1 N–H and O–H groups in total. The zero-order chi connectivity index (χ0) is 24.8. The fourth-order valence-electron chi connectivity index (χ4n) is 3.84. The number of rotatable bonds is 10. The number of carbonyl (C=O) groups excluding carboxylic acids is 1. The van der Waals surface area contributed by atoms with Gasteiger partial charge in [0.05, 0.1) is 16.8 Å². The maximum absolute atomic E-state index is 12.5. The Kier molecular flexibility index (Phi) is 8.04. The predicted octanol–water partition coefficient (Wildman–Crippen LogP) is 5.74. The highest BCUT2D eigenvalue weighted by atomic mass is 35.5. The second kappa shape index (κ2) is 11.4. The van der Waals surface area contributed by atoms with E-state index in [1.54, 1.807) is 6.08 Å². The molecule has 1 aliphatic carbocycles. The molecule has 1 amide bonds. The Morgan fingerprint density at radius 2 is 2.00 bits per heavy atom. The number of nitro benzene ring substituents is 1. The molecule has 1 heterocycles. The monoisotopic (exact) mass is 513 g/mol. The van der Waals surface area contributed by atoms with Crippen molar-refractivity contribution in [1.82, 2.24) is 14.8 Å². The number of anilines is 1. The topological polar surface area (TPSA) is 112 Å². The van der Waals surface area contributed by atoms with Crippen molar-refractivity contribution in [3.63, 3.8) is 0 Å². The maximum atomic E-state index is 12.5. The number of carbonyl (C=O) groups is 1. The average molecular weight is 514 g/mol. The zero-order valence-electron chi connectivity index (χ0n) is 18.9. The molecular weight excluding hydrogens is 490 g/mol. The summed E-state index contributed by atoms with van der Waals surface area (Å²) < 4.78 is 7.92. The molecule has 0 spiro atoms. The van der Waals surface area contributed by atoms with Crippen LogP contribution in [0.25, 0.3) is 11.4 Å². The molecule has 1 aromatic heterocycles. The fourth-order valence-corrected chi connectivity index (χ4v) is 4.78. The summed E-state index contributed by atoms with van der Waals surface area (Å²) in [5.41, 5.74) is 0.898. The molecule has 11 heteroatoms. The van der Waals surface area contributed by atoms with Crippen molar-refractivity contribution in [3.05, 3.63) is 70.3 Å². The number of nitrogens with one attached hydrogen (secondary N) is 1. The largest absolute Gasteiger partial charge is 0.490 e. The van der Waals surface area contributed by atoms with Crippen molar-refractivity contribution in [2.24, 2.45) is 0 Å². The second-order valence-corrected chi connectivity index (χ2v) is 9.36. The number of amides is 1. The third-order valence-electron chi connectivity index (χ3n) is 5.50. The van der Waals surface area contributed by atoms with Gasteiger partial charge in [-0.2, -0.15) is 0 Å². The first-order chi connectivity index (χ1) is 16.9. The highest BCUT2D eigenvalue weighted by Crippen LogP contribution is 2.29. The summed E-state index contributed by atoms with van der Waals surface area (Å²) in [7, 11) is 0. The van der Waals surface area contributed by atoms with E-state index in [9.17, 15) is 14.9 Å². The van der Waals surface area contributed by atoms with Gasteiger partial charge in [0, 0.05) is 23.9 Å². The molecule has 0 unspecified atom stereocenters. The van der Waals surface area contributed by atoms with E-state index >= 15 is 0 Å². The Morgan fingerprint density at radius 3 is 2.69 bits per heavy atom. The standard InChI is InChI=1S/C24H24ClN5O4S/c1-2-13-29-23(16-7-10-19(11-8-16)34-18-5-3-4-6-18)27-28-24(29)35-15-22(31)26-17-9-12-20(25)21(14-17)30(32)33/h2,7-12,14,18H,1,3-6,13,15H2,(H,26,31). The summed E-state index contributed by atoms with van der Waals surface area (Å²) in [6, 6.07) is 11.9. The molecule has 9 nitrogen and oxygen atoms in total. The van der Waals surface area contributed by atoms with Crippen LogP contribution in [0.3, 0.4) is 0 Å². The van der Waals surface area contributed by atoms with Gasteiger partial charge in [0.25, 0.3) is 5.69 Å². The zero-order valence-corrected chi connectivity index (χ0v) is 20.4. The van der Waals surface area contributed by atoms with Gasteiger partial charge in [-0.1, -0.05) is 29.4 Å². The van der Waals surface area contributed by atoms with Gasteiger partial charge in [-0.3, -0.25) is 19.5 Å². The third kappa shape index (κ3) is 6.20. The normalized spacial score (nSPS) is 13.5. The number of halogens is 1. The van der Waals surface area contributed by atoms with Crippen LogP contribution in [0.2, 0.25) is 5.02 Å². The van der Waals surface area contributed by atoms with Crippen molar-refractivity contribution in [2.45, 2.75) is 43.5 Å². The van der Waals surface area contributed by atoms with E-state index in [1.807, 2.05) is 28.8 Å². The lowest BCUT2D eigenvalue weighted by Crippen LogP contribution is -2.15. The molecule has 35 heavy (non-hydrogen) atoms. The minimum absolute atomic E-state index is 0.00515. The van der Waals surface area contributed by atoms with Crippen LogP contribution in [0.4, 0.5) is 11.4 Å². The summed E-state index contributed by atoms with van der Waals surface area (Å²) >= 11 is 7.04. The Labute approximate surface area is 211 Å². The van der Waals surface area contributed by atoms with Crippen LogP contribution >= 0.6 is 23.4 Å². The molecule has 0 saturated heterocycles. The summed E-state index contributed by atoms with van der Waals surface area (Å²) in [5, 5.41) is 22.8. The number of ether oxygens (including phenoxy) is 1. The maximum Gasteiger partial charge on any atom is 0.289 e. The summed E-state index contributed by atoms with van der Waals surface area (Å²) in [5.74, 6) is 1.20. The average Bonchev–Trinajstić information content (AvgIpc) is 3.50. The number of hydrogen-bond donors (Lipinski definition) is 1. The first-order valence-electron chi connectivity index (χ1n) is 11.1. The van der Waals surface area contributed by atoms with Gasteiger partial charge in [-0.15, -0.1) is 16.8 Å². The molecule has 0 bridgehead atoms. The van der Waals surface area contributed by atoms with Crippen LogP contribution in [0.15, 0.2) is 60.3 Å². The number of nitro groups is 1. The van der Waals surface area contributed by atoms with Gasteiger partial charge >= 0.3 is 0 Å². The molecule has 1 aliphatic rings. The summed E-state index contributed by atoms with van der Waals surface area (Å²) in [6.07, 6.45) is 6.65. The molecule has 0 aliphatic heterocycles. The van der Waals surface area contributed by atoms with Crippen molar-refractivity contribution < 1.29 is 14.5 Å². The number of benzene rings is 2. The quantitative estimate of drug-likeness (QED) is 0.159. The van der Waals surface area contributed by atoms with Crippen molar-refractivity contribution in [2.75, 3.05) is 11.1 Å². The van der Waals surface area contributed by atoms with Crippen LogP contribution in [0.1, 0.15) is 25.7 Å². The molecule has 0 atom stereocenters. The predicted molar refractivity (Wildman–Crippen MR) is 136 cm³/mol. The van der Waals surface area contributed by atoms with E-state index in [1.165, 1.54) is 42.8 Å². The van der Waals surface area contributed by atoms with Gasteiger partial charge in [-0.25, -0.2) is 0 Å². The number of nitrogens with zero attached hydrogens (tertiary/aromatic N) is 4. The van der Waals surface area contributed by atoms with Gasteiger partial charge < -0.3 is 10.1 Å².